The van der Waals surface area contributed by atoms with E-state index < -0.39 is 6.10 Å². The molecule has 6 nitrogen and oxygen atoms in total. The highest BCUT2D eigenvalue weighted by atomic mass is 16.6. The molecule has 0 N–H and O–H groups in total. The fourth-order valence-electron chi connectivity index (χ4n) is 8.35. The molecular weight excluding hydrogens is 949 g/mol. The second-order valence-corrected chi connectivity index (χ2v) is 20.6. The SMILES string of the molecule is CC/C=C\C/C=C\C/C=C\C/C=C\C/C=C\C/C=C\C/C=C\CCCCCCCC(=O)OCC(COC(=O)CCCCCCC/C=C\C/C=C\CCCC)OC(=O)CCCCCCCCC/C=C\C/C=C\CCCCCC. The molecule has 0 saturated carbocycles. The van der Waals surface area contributed by atoms with Crippen molar-refractivity contribution in [2.75, 3.05) is 13.2 Å². The summed E-state index contributed by atoms with van der Waals surface area (Å²) in [7, 11) is 0. The molecule has 6 heteroatoms. The standard InChI is InChI=1S/C71H116O6/c1-4-7-10-13-16-19-22-25-28-30-32-33-34-35-36-37-38-39-40-42-43-46-49-52-55-58-61-64-70(73)76-67-68(66-75-69(72)63-60-57-54-51-48-45-27-24-21-18-15-12-9-6-3)77-71(74)65-62-59-56-53-50-47-44-41-31-29-26-23-20-17-14-11-8-5-2/h7,10,15-16,18-20,23-25,27-29,31-33,35-36,38-39,42-43,68H,4-6,8-9,11-14,17,21-22,26,30,34,37,40-41,44-67H2,1-3H3/b10-7-,18-15-,19-16-,23-20-,27-24-,28-25-,31-29-,33-32-,36-35-,39-38-,43-42-. The summed E-state index contributed by atoms with van der Waals surface area (Å²) in [6.45, 7) is 6.44. The highest BCUT2D eigenvalue weighted by Gasteiger charge is 2.19. The molecule has 0 aromatic carbocycles. The number of esters is 3. The van der Waals surface area contributed by atoms with Gasteiger partial charge in [-0.15, -0.1) is 0 Å². The second kappa shape index (κ2) is 64.1. The predicted molar refractivity (Wildman–Crippen MR) is 334 cm³/mol. The maximum absolute atomic E-state index is 12.9. The van der Waals surface area contributed by atoms with Crippen molar-refractivity contribution in [1.82, 2.24) is 0 Å². The summed E-state index contributed by atoms with van der Waals surface area (Å²) in [6, 6.07) is 0. The summed E-state index contributed by atoms with van der Waals surface area (Å²) in [5, 5.41) is 0. The van der Waals surface area contributed by atoms with E-state index in [1.165, 1.54) is 77.0 Å². The zero-order chi connectivity index (χ0) is 55.7. The van der Waals surface area contributed by atoms with E-state index in [9.17, 15) is 14.4 Å². The van der Waals surface area contributed by atoms with Crippen molar-refractivity contribution in [1.29, 1.82) is 0 Å². The summed E-state index contributed by atoms with van der Waals surface area (Å²) < 4.78 is 16.9. The summed E-state index contributed by atoms with van der Waals surface area (Å²) in [4.78, 5) is 38.3. The van der Waals surface area contributed by atoms with Crippen molar-refractivity contribution >= 4 is 17.9 Å². The zero-order valence-electron chi connectivity index (χ0n) is 49.9. The molecule has 0 saturated heterocycles. The minimum absolute atomic E-state index is 0.0984. The second-order valence-electron chi connectivity index (χ2n) is 20.6. The van der Waals surface area contributed by atoms with Crippen molar-refractivity contribution in [2.45, 2.75) is 284 Å². The first-order valence-corrected chi connectivity index (χ1v) is 31.7. The average Bonchev–Trinajstić information content (AvgIpc) is 3.43. The number of carbonyl (C=O) groups is 3. The molecule has 0 aliphatic rings. The van der Waals surface area contributed by atoms with E-state index in [2.05, 4.69) is 154 Å². The van der Waals surface area contributed by atoms with Crippen LogP contribution in [0.5, 0.6) is 0 Å². The maximum atomic E-state index is 12.9. The normalized spacial score (nSPS) is 13.0. The van der Waals surface area contributed by atoms with Gasteiger partial charge in [0.25, 0.3) is 0 Å². The van der Waals surface area contributed by atoms with Gasteiger partial charge in [0.1, 0.15) is 13.2 Å². The van der Waals surface area contributed by atoms with Crippen molar-refractivity contribution < 1.29 is 28.6 Å². The van der Waals surface area contributed by atoms with Gasteiger partial charge in [-0.2, -0.15) is 0 Å². The van der Waals surface area contributed by atoms with Crippen molar-refractivity contribution in [2.24, 2.45) is 0 Å². The van der Waals surface area contributed by atoms with Gasteiger partial charge in [0.05, 0.1) is 0 Å². The van der Waals surface area contributed by atoms with Crippen LogP contribution in [-0.2, 0) is 28.6 Å². The van der Waals surface area contributed by atoms with E-state index >= 15 is 0 Å². The Morgan fingerprint density at radius 1 is 0.273 bits per heavy atom. The van der Waals surface area contributed by atoms with Crippen molar-refractivity contribution in [3.8, 4) is 0 Å². The topological polar surface area (TPSA) is 78.9 Å². The van der Waals surface area contributed by atoms with Gasteiger partial charge in [0.15, 0.2) is 6.10 Å². The van der Waals surface area contributed by atoms with Crippen molar-refractivity contribution in [3.63, 3.8) is 0 Å². The van der Waals surface area contributed by atoms with Crippen LogP contribution in [0.3, 0.4) is 0 Å². The first-order chi connectivity index (χ1) is 38.0. The fraction of sp³-hybridized carbons (Fsp3) is 0.648. The molecule has 0 bridgehead atoms. The summed E-state index contributed by atoms with van der Waals surface area (Å²) in [5.41, 5.74) is 0. The molecule has 0 aromatic heterocycles. The van der Waals surface area contributed by atoms with E-state index in [1.54, 1.807) is 0 Å². The molecule has 77 heavy (non-hydrogen) atoms. The third kappa shape index (κ3) is 62.3. The van der Waals surface area contributed by atoms with Gasteiger partial charge >= 0.3 is 17.9 Å². The third-order valence-electron chi connectivity index (χ3n) is 13.1. The number of unbranched alkanes of at least 4 members (excludes halogenated alkanes) is 23. The molecule has 1 atom stereocenters. The summed E-state index contributed by atoms with van der Waals surface area (Å²) in [6.07, 6.45) is 90.1. The Labute approximate surface area is 475 Å². The Morgan fingerprint density at radius 3 is 0.831 bits per heavy atom. The van der Waals surface area contributed by atoms with Gasteiger partial charge < -0.3 is 14.2 Å². The number of hydrogen-bond acceptors (Lipinski definition) is 6. The van der Waals surface area contributed by atoms with Crippen LogP contribution in [0.1, 0.15) is 278 Å². The lowest BCUT2D eigenvalue weighted by molar-refractivity contribution is -0.167. The number of hydrogen-bond donors (Lipinski definition) is 0. The molecule has 0 fully saturated rings. The first kappa shape index (κ1) is 72.5. The van der Waals surface area contributed by atoms with Crippen LogP contribution in [0.4, 0.5) is 0 Å². The molecule has 0 rings (SSSR count). The van der Waals surface area contributed by atoms with Crippen LogP contribution in [0.25, 0.3) is 0 Å². The van der Waals surface area contributed by atoms with Gasteiger partial charge in [-0.3, -0.25) is 14.4 Å². The lowest BCUT2D eigenvalue weighted by Gasteiger charge is -2.18. The smallest absolute Gasteiger partial charge is 0.306 e. The van der Waals surface area contributed by atoms with Crippen LogP contribution >= 0.6 is 0 Å². The highest BCUT2D eigenvalue weighted by Crippen LogP contribution is 2.14. The monoisotopic (exact) mass is 1060 g/mol. The molecule has 0 heterocycles. The van der Waals surface area contributed by atoms with Crippen LogP contribution in [-0.4, -0.2) is 37.2 Å². The quantitative estimate of drug-likeness (QED) is 0.0261. The van der Waals surface area contributed by atoms with Gasteiger partial charge in [0, 0.05) is 19.3 Å². The third-order valence-corrected chi connectivity index (χ3v) is 13.1. The summed E-state index contributed by atoms with van der Waals surface area (Å²) >= 11 is 0. The predicted octanol–water partition coefficient (Wildman–Crippen LogP) is 21.8. The zero-order valence-corrected chi connectivity index (χ0v) is 49.9. The van der Waals surface area contributed by atoms with E-state index in [0.717, 1.165) is 161 Å². The van der Waals surface area contributed by atoms with Gasteiger partial charge in [-0.05, 0) is 135 Å². The largest absolute Gasteiger partial charge is 0.462 e. The van der Waals surface area contributed by atoms with E-state index in [1.807, 2.05) is 0 Å². The first-order valence-electron chi connectivity index (χ1n) is 31.7. The molecule has 436 valence electrons. The number of allylic oxidation sites excluding steroid dienone is 22. The number of rotatable bonds is 56. The lowest BCUT2D eigenvalue weighted by atomic mass is 10.1. The molecular formula is C71H116O6. The van der Waals surface area contributed by atoms with Crippen LogP contribution in [0.2, 0.25) is 0 Å². The minimum Gasteiger partial charge on any atom is -0.462 e. The van der Waals surface area contributed by atoms with E-state index in [0.29, 0.717) is 19.3 Å². The summed E-state index contributed by atoms with van der Waals surface area (Å²) in [5.74, 6) is -0.937. The fourth-order valence-corrected chi connectivity index (χ4v) is 8.35. The Bertz CT molecular complexity index is 1650. The number of carbonyl (C=O) groups excluding carboxylic acids is 3. The molecule has 0 aliphatic carbocycles. The van der Waals surface area contributed by atoms with E-state index in [-0.39, 0.29) is 31.1 Å². The van der Waals surface area contributed by atoms with E-state index in [4.69, 9.17) is 14.2 Å². The van der Waals surface area contributed by atoms with Gasteiger partial charge in [-0.25, -0.2) is 0 Å². The average molecular weight is 1070 g/mol. The Kier molecular flexibility index (Phi) is 60.4. The minimum atomic E-state index is -0.802. The molecule has 0 amide bonds. The van der Waals surface area contributed by atoms with Gasteiger partial charge in [0.2, 0.25) is 0 Å². The molecule has 1 unspecified atom stereocenters. The maximum Gasteiger partial charge on any atom is 0.306 e. The molecule has 0 aliphatic heterocycles. The van der Waals surface area contributed by atoms with Gasteiger partial charge in [-0.1, -0.05) is 257 Å². The van der Waals surface area contributed by atoms with Crippen LogP contribution < -0.4 is 0 Å². The lowest BCUT2D eigenvalue weighted by Crippen LogP contribution is -2.30. The number of ether oxygens (including phenoxy) is 3. The Morgan fingerprint density at radius 2 is 0.519 bits per heavy atom. The molecule has 0 aromatic rings. The Balaban J connectivity index is 4.43. The Hall–Kier alpha value is -4.45. The van der Waals surface area contributed by atoms with Crippen LogP contribution in [0, 0.1) is 0 Å². The molecule has 0 radical (unpaired) electrons. The van der Waals surface area contributed by atoms with Crippen LogP contribution in [0.15, 0.2) is 134 Å². The van der Waals surface area contributed by atoms with Crippen molar-refractivity contribution in [3.05, 3.63) is 134 Å². The highest BCUT2D eigenvalue weighted by molar-refractivity contribution is 5.71. The molecule has 0 spiro atoms.